The van der Waals surface area contributed by atoms with Crippen molar-refractivity contribution in [3.05, 3.63) is 58.6 Å². The first-order valence-corrected chi connectivity index (χ1v) is 9.91. The van der Waals surface area contributed by atoms with E-state index in [-0.39, 0.29) is 5.82 Å². The Morgan fingerprint density at radius 3 is 2.52 bits per heavy atom. The molecule has 1 amide bonds. The summed E-state index contributed by atoms with van der Waals surface area (Å²) in [6.07, 6.45) is -2.72. The number of anilines is 1. The monoisotopic (exact) mass is 432 g/mol. The predicted molar refractivity (Wildman–Crippen MR) is 107 cm³/mol. The number of benzene rings is 1. The second kappa shape index (κ2) is 8.83. The molecule has 0 spiro atoms. The number of carbonyl (C=O) groups excluding carboxylic acids is 1. The number of hydrogen-bond donors (Lipinski definition) is 4. The number of rotatable bonds is 5. The number of amides is 1. The van der Waals surface area contributed by atoms with Gasteiger partial charge in [-0.15, -0.1) is 0 Å². The summed E-state index contributed by atoms with van der Waals surface area (Å²) >= 11 is 0. The van der Waals surface area contributed by atoms with Crippen molar-refractivity contribution in [1.82, 2.24) is 14.5 Å². The van der Waals surface area contributed by atoms with E-state index in [1.807, 2.05) is 0 Å². The summed E-state index contributed by atoms with van der Waals surface area (Å²) in [5.74, 6) is -2.18. The van der Waals surface area contributed by atoms with Crippen LogP contribution in [-0.4, -0.2) is 86.9 Å². The fourth-order valence-electron chi connectivity index (χ4n) is 3.92. The van der Waals surface area contributed by atoms with Gasteiger partial charge in [-0.2, -0.15) is 4.98 Å². The molecule has 2 aliphatic heterocycles. The normalized spacial score (nSPS) is 29.1. The van der Waals surface area contributed by atoms with Gasteiger partial charge in [-0.05, 0) is 18.2 Å². The summed E-state index contributed by atoms with van der Waals surface area (Å²) in [4.78, 5) is 30.9. The lowest BCUT2D eigenvalue weighted by molar-refractivity contribution is -0.258. The SMILES string of the molecule is O=C(Nc1ccn([C@]2(N3CCOCC3)O[C@H](CO)[C@@H](O)[C@H]2O)c(=O)n1)c1ccccc1. The van der Waals surface area contributed by atoms with E-state index < -0.39 is 42.4 Å². The van der Waals surface area contributed by atoms with E-state index in [0.29, 0.717) is 31.9 Å². The van der Waals surface area contributed by atoms with Crippen LogP contribution in [0, 0.1) is 0 Å². The van der Waals surface area contributed by atoms with Crippen molar-refractivity contribution in [2.24, 2.45) is 0 Å². The van der Waals surface area contributed by atoms with Crippen LogP contribution in [0.2, 0.25) is 0 Å². The molecule has 2 fully saturated rings. The highest BCUT2D eigenvalue weighted by Gasteiger charge is 2.59. The maximum absolute atomic E-state index is 12.9. The van der Waals surface area contributed by atoms with Crippen LogP contribution < -0.4 is 11.0 Å². The molecule has 0 bridgehead atoms. The van der Waals surface area contributed by atoms with Crippen LogP contribution >= 0.6 is 0 Å². The quantitative estimate of drug-likeness (QED) is 0.446. The summed E-state index contributed by atoms with van der Waals surface area (Å²) < 4.78 is 12.3. The largest absolute Gasteiger partial charge is 0.394 e. The summed E-state index contributed by atoms with van der Waals surface area (Å²) in [6, 6.07) is 9.87. The molecule has 4 rings (SSSR count). The average molecular weight is 432 g/mol. The van der Waals surface area contributed by atoms with E-state index in [1.165, 1.54) is 12.3 Å². The fraction of sp³-hybridized carbons (Fsp3) is 0.450. The highest BCUT2D eigenvalue weighted by atomic mass is 16.6. The Kier molecular flexibility index (Phi) is 6.14. The number of aliphatic hydroxyl groups excluding tert-OH is 3. The van der Waals surface area contributed by atoms with Crippen molar-refractivity contribution in [3.63, 3.8) is 0 Å². The number of morpholine rings is 1. The molecule has 166 valence electrons. The molecular formula is C20H24N4O7. The lowest BCUT2D eigenvalue weighted by Crippen LogP contribution is -2.63. The Bertz CT molecular complexity index is 979. The van der Waals surface area contributed by atoms with Crippen LogP contribution in [0.3, 0.4) is 0 Å². The number of hydrogen-bond acceptors (Lipinski definition) is 9. The van der Waals surface area contributed by atoms with Crippen molar-refractivity contribution in [3.8, 4) is 0 Å². The molecule has 11 heteroatoms. The summed E-state index contributed by atoms with van der Waals surface area (Å²) in [5.41, 5.74) is -0.399. The standard InChI is InChI=1S/C20H24N4O7/c25-12-14-16(26)17(27)20(31-14,23-8-10-30-11-9-23)24-7-6-15(22-19(24)29)21-18(28)13-4-2-1-3-5-13/h1-7,14,16-17,25-27H,8-12H2,(H,21,22,28,29)/t14-,16-,17-,20+/m1/s1. The Morgan fingerprint density at radius 1 is 1.19 bits per heavy atom. The first-order valence-electron chi connectivity index (χ1n) is 9.91. The first kappa shape index (κ1) is 21.6. The lowest BCUT2D eigenvalue weighted by atomic mass is 10.1. The number of aliphatic hydroxyl groups is 3. The first-order chi connectivity index (χ1) is 15.0. The number of ether oxygens (including phenoxy) is 2. The summed E-state index contributed by atoms with van der Waals surface area (Å²) in [5, 5.41) is 33.4. The molecular weight excluding hydrogens is 408 g/mol. The van der Waals surface area contributed by atoms with Crippen LogP contribution in [0.5, 0.6) is 0 Å². The molecule has 2 aliphatic rings. The van der Waals surface area contributed by atoms with Crippen molar-refractivity contribution in [2.45, 2.75) is 24.2 Å². The van der Waals surface area contributed by atoms with Gasteiger partial charge in [0.2, 0.25) is 5.85 Å². The molecule has 0 aliphatic carbocycles. The molecule has 1 aromatic carbocycles. The third kappa shape index (κ3) is 3.87. The molecule has 31 heavy (non-hydrogen) atoms. The van der Waals surface area contributed by atoms with Crippen LogP contribution in [-0.2, 0) is 15.3 Å². The van der Waals surface area contributed by atoms with Gasteiger partial charge in [0.05, 0.1) is 19.8 Å². The van der Waals surface area contributed by atoms with Crippen LogP contribution in [0.1, 0.15) is 10.4 Å². The molecule has 0 saturated carbocycles. The van der Waals surface area contributed by atoms with Gasteiger partial charge in [-0.1, -0.05) is 18.2 Å². The molecule has 4 N–H and O–H groups in total. The minimum absolute atomic E-state index is 0.0268. The van der Waals surface area contributed by atoms with Gasteiger partial charge in [0, 0.05) is 24.8 Å². The van der Waals surface area contributed by atoms with E-state index in [0.717, 1.165) is 4.57 Å². The van der Waals surface area contributed by atoms with Crippen molar-refractivity contribution in [2.75, 3.05) is 38.2 Å². The zero-order chi connectivity index (χ0) is 22.0. The minimum atomic E-state index is -1.78. The third-order valence-electron chi connectivity index (χ3n) is 5.49. The molecule has 3 heterocycles. The smallest absolute Gasteiger partial charge is 0.353 e. The van der Waals surface area contributed by atoms with Crippen molar-refractivity contribution in [1.29, 1.82) is 0 Å². The second-order valence-electron chi connectivity index (χ2n) is 7.32. The van der Waals surface area contributed by atoms with E-state index in [2.05, 4.69) is 10.3 Å². The number of nitrogens with zero attached hydrogens (tertiary/aromatic N) is 3. The number of nitrogens with one attached hydrogen (secondary N) is 1. The Labute approximate surface area is 177 Å². The summed E-state index contributed by atoms with van der Waals surface area (Å²) in [6.45, 7) is 0.773. The zero-order valence-corrected chi connectivity index (χ0v) is 16.6. The summed E-state index contributed by atoms with van der Waals surface area (Å²) in [7, 11) is 0. The van der Waals surface area contributed by atoms with Gasteiger partial charge in [-0.25, -0.2) is 4.79 Å². The zero-order valence-electron chi connectivity index (χ0n) is 16.6. The third-order valence-corrected chi connectivity index (χ3v) is 5.49. The molecule has 2 saturated heterocycles. The van der Waals surface area contributed by atoms with Crippen molar-refractivity contribution < 1.29 is 29.6 Å². The Morgan fingerprint density at radius 2 is 1.90 bits per heavy atom. The lowest BCUT2D eigenvalue weighted by Gasteiger charge is -2.44. The average Bonchev–Trinajstić information content (AvgIpc) is 3.06. The van der Waals surface area contributed by atoms with Crippen LogP contribution in [0.15, 0.2) is 47.4 Å². The number of aromatic nitrogens is 2. The minimum Gasteiger partial charge on any atom is -0.394 e. The molecule has 0 unspecified atom stereocenters. The van der Waals surface area contributed by atoms with Gasteiger partial charge < -0.3 is 30.1 Å². The topological polar surface area (TPSA) is 146 Å². The molecule has 4 atom stereocenters. The molecule has 1 aromatic heterocycles. The van der Waals surface area contributed by atoms with Gasteiger partial charge in [0.1, 0.15) is 24.1 Å². The van der Waals surface area contributed by atoms with Gasteiger partial charge >= 0.3 is 5.69 Å². The predicted octanol–water partition coefficient (Wildman–Crippen LogP) is -1.45. The highest BCUT2D eigenvalue weighted by molar-refractivity contribution is 6.03. The van der Waals surface area contributed by atoms with E-state index >= 15 is 0 Å². The van der Waals surface area contributed by atoms with Gasteiger partial charge in [0.15, 0.2) is 0 Å². The second-order valence-corrected chi connectivity index (χ2v) is 7.32. The van der Waals surface area contributed by atoms with Gasteiger partial charge in [0.25, 0.3) is 5.91 Å². The highest BCUT2D eigenvalue weighted by Crippen LogP contribution is 2.38. The van der Waals surface area contributed by atoms with Crippen molar-refractivity contribution >= 4 is 11.7 Å². The van der Waals surface area contributed by atoms with Crippen LogP contribution in [0.4, 0.5) is 5.82 Å². The fourth-order valence-corrected chi connectivity index (χ4v) is 3.92. The maximum Gasteiger partial charge on any atom is 0.353 e. The van der Waals surface area contributed by atoms with E-state index in [4.69, 9.17) is 9.47 Å². The molecule has 11 nitrogen and oxygen atoms in total. The van der Waals surface area contributed by atoms with Gasteiger partial charge in [-0.3, -0.25) is 14.3 Å². The van der Waals surface area contributed by atoms with Crippen LogP contribution in [0.25, 0.3) is 0 Å². The van der Waals surface area contributed by atoms with E-state index in [9.17, 15) is 24.9 Å². The Hall–Kier alpha value is -2.67. The Balaban J connectivity index is 1.68. The maximum atomic E-state index is 12.9. The van der Waals surface area contributed by atoms with E-state index in [1.54, 1.807) is 35.2 Å². The number of carbonyl (C=O) groups is 1. The molecule has 0 radical (unpaired) electrons. The molecule has 2 aromatic rings.